The first kappa shape index (κ1) is 13.1. The summed E-state index contributed by atoms with van der Waals surface area (Å²) in [5.74, 6) is 1.35. The number of carbonyl (C=O) groups is 1. The van der Waals surface area contributed by atoms with Gasteiger partial charge in [-0.2, -0.15) is 0 Å². The molecule has 0 radical (unpaired) electrons. The summed E-state index contributed by atoms with van der Waals surface area (Å²) < 4.78 is 10.9. The van der Waals surface area contributed by atoms with Crippen molar-refractivity contribution in [3.05, 3.63) is 23.8 Å². The van der Waals surface area contributed by atoms with Crippen molar-refractivity contribution >= 4 is 6.03 Å². The van der Waals surface area contributed by atoms with E-state index < -0.39 is 6.10 Å². The first-order valence-electron chi connectivity index (χ1n) is 6.73. The van der Waals surface area contributed by atoms with Crippen molar-refractivity contribution in [3.63, 3.8) is 0 Å². The maximum Gasteiger partial charge on any atom is 0.319 e. The van der Waals surface area contributed by atoms with Gasteiger partial charge in [0.05, 0.1) is 12.6 Å². The van der Waals surface area contributed by atoms with E-state index in [-0.39, 0.29) is 6.03 Å². The zero-order valence-corrected chi connectivity index (χ0v) is 11.4. The van der Waals surface area contributed by atoms with Crippen molar-refractivity contribution in [1.82, 2.24) is 9.80 Å². The lowest BCUT2D eigenvalue weighted by atomic mass is 10.1. The summed E-state index contributed by atoms with van der Waals surface area (Å²) in [6, 6.07) is 5.35. The second kappa shape index (κ2) is 5.20. The molecule has 6 nitrogen and oxygen atoms in total. The molecule has 1 aromatic carbocycles. The van der Waals surface area contributed by atoms with E-state index in [1.165, 1.54) is 0 Å². The van der Waals surface area contributed by atoms with Crippen LogP contribution in [0.3, 0.4) is 0 Å². The van der Waals surface area contributed by atoms with Crippen LogP contribution in [0.2, 0.25) is 0 Å². The molecule has 1 atom stereocenters. The van der Waals surface area contributed by atoms with Gasteiger partial charge in [-0.3, -0.25) is 0 Å². The molecule has 1 fully saturated rings. The first-order chi connectivity index (χ1) is 9.65. The van der Waals surface area contributed by atoms with Crippen LogP contribution in [0.15, 0.2) is 18.2 Å². The van der Waals surface area contributed by atoms with Crippen molar-refractivity contribution in [3.8, 4) is 11.5 Å². The summed E-state index contributed by atoms with van der Waals surface area (Å²) in [5, 5.41) is 10.3. The quantitative estimate of drug-likeness (QED) is 0.890. The van der Waals surface area contributed by atoms with E-state index in [2.05, 4.69) is 0 Å². The number of ether oxygens (including phenoxy) is 2. The van der Waals surface area contributed by atoms with Gasteiger partial charge in [0.25, 0.3) is 0 Å². The van der Waals surface area contributed by atoms with Crippen LogP contribution < -0.4 is 9.47 Å². The maximum atomic E-state index is 11.8. The van der Waals surface area contributed by atoms with Gasteiger partial charge in [0, 0.05) is 20.1 Å². The Labute approximate surface area is 117 Å². The SMILES string of the molecule is CN1CCN(CC(O)c2ccc3c(c2)OCCO3)C1=O. The van der Waals surface area contributed by atoms with Gasteiger partial charge in [0.2, 0.25) is 0 Å². The molecule has 1 saturated heterocycles. The van der Waals surface area contributed by atoms with Crippen molar-refractivity contribution in [1.29, 1.82) is 0 Å². The number of amides is 2. The summed E-state index contributed by atoms with van der Waals surface area (Å²) in [6.45, 7) is 2.71. The largest absolute Gasteiger partial charge is 0.486 e. The van der Waals surface area contributed by atoms with Crippen LogP contribution in [0.1, 0.15) is 11.7 Å². The molecular weight excluding hydrogens is 260 g/mol. The van der Waals surface area contributed by atoms with Gasteiger partial charge < -0.3 is 24.4 Å². The van der Waals surface area contributed by atoms with E-state index in [0.717, 1.165) is 5.56 Å². The van der Waals surface area contributed by atoms with Crippen LogP contribution in [0.25, 0.3) is 0 Å². The Kier molecular flexibility index (Phi) is 3.40. The molecule has 108 valence electrons. The number of β-amino-alcohol motifs (C(OH)–C–C–N with tert-alkyl or cyclic N) is 1. The van der Waals surface area contributed by atoms with E-state index in [1.807, 2.05) is 6.07 Å². The standard InChI is InChI=1S/C14H18N2O4/c1-15-4-5-16(14(15)18)9-11(17)10-2-3-12-13(8-10)20-7-6-19-12/h2-3,8,11,17H,4-7,9H2,1H3. The lowest BCUT2D eigenvalue weighted by Gasteiger charge is -2.22. The Hall–Kier alpha value is -1.95. The smallest absolute Gasteiger partial charge is 0.319 e. The Bertz CT molecular complexity index is 520. The van der Waals surface area contributed by atoms with Crippen LogP contribution in [0.4, 0.5) is 4.79 Å². The van der Waals surface area contributed by atoms with Gasteiger partial charge in [0.15, 0.2) is 11.5 Å². The zero-order chi connectivity index (χ0) is 14.1. The third-order valence-electron chi connectivity index (χ3n) is 3.65. The fourth-order valence-corrected chi connectivity index (χ4v) is 2.45. The van der Waals surface area contributed by atoms with E-state index in [9.17, 15) is 9.90 Å². The van der Waals surface area contributed by atoms with Crippen molar-refractivity contribution in [2.75, 3.05) is 39.9 Å². The van der Waals surface area contributed by atoms with Crippen molar-refractivity contribution in [2.45, 2.75) is 6.10 Å². The number of urea groups is 1. The summed E-state index contributed by atoms with van der Waals surface area (Å²) in [4.78, 5) is 15.1. The lowest BCUT2D eigenvalue weighted by molar-refractivity contribution is 0.127. The lowest BCUT2D eigenvalue weighted by Crippen LogP contribution is -2.33. The highest BCUT2D eigenvalue weighted by molar-refractivity contribution is 5.76. The Morgan fingerprint density at radius 3 is 2.70 bits per heavy atom. The molecule has 2 heterocycles. The van der Waals surface area contributed by atoms with Gasteiger partial charge in [0.1, 0.15) is 13.2 Å². The average molecular weight is 278 g/mol. The van der Waals surface area contributed by atoms with Crippen LogP contribution in [0.5, 0.6) is 11.5 Å². The van der Waals surface area contributed by atoms with Gasteiger partial charge in [-0.05, 0) is 17.7 Å². The summed E-state index contributed by atoms with van der Waals surface area (Å²) in [7, 11) is 1.76. The number of hydrogen-bond donors (Lipinski definition) is 1. The predicted octanol–water partition coefficient (Wildman–Crippen LogP) is 0.859. The van der Waals surface area contributed by atoms with Gasteiger partial charge >= 0.3 is 6.03 Å². The molecule has 2 aliphatic rings. The zero-order valence-electron chi connectivity index (χ0n) is 11.4. The number of rotatable bonds is 3. The van der Waals surface area contributed by atoms with Crippen molar-refractivity contribution in [2.24, 2.45) is 0 Å². The number of aliphatic hydroxyl groups excluding tert-OH is 1. The topological polar surface area (TPSA) is 62.2 Å². The molecule has 0 bridgehead atoms. The molecule has 0 saturated carbocycles. The number of fused-ring (bicyclic) bond motifs is 1. The Balaban J connectivity index is 1.71. The molecular formula is C14H18N2O4. The predicted molar refractivity (Wildman–Crippen MR) is 72.0 cm³/mol. The number of nitrogens with zero attached hydrogens (tertiary/aromatic N) is 2. The highest BCUT2D eigenvalue weighted by Crippen LogP contribution is 2.32. The normalized spacial score (nSPS) is 19.4. The molecule has 0 aliphatic carbocycles. The Morgan fingerprint density at radius 2 is 2.00 bits per heavy atom. The highest BCUT2D eigenvalue weighted by atomic mass is 16.6. The monoisotopic (exact) mass is 278 g/mol. The molecule has 1 aromatic rings. The molecule has 0 spiro atoms. The fraction of sp³-hybridized carbons (Fsp3) is 0.500. The summed E-state index contributed by atoms with van der Waals surface area (Å²) in [5.41, 5.74) is 0.733. The number of carbonyl (C=O) groups excluding carboxylic acids is 1. The molecule has 6 heteroatoms. The maximum absolute atomic E-state index is 11.8. The van der Waals surface area contributed by atoms with E-state index in [1.54, 1.807) is 29.0 Å². The van der Waals surface area contributed by atoms with Crippen LogP contribution in [-0.2, 0) is 0 Å². The molecule has 1 unspecified atom stereocenters. The minimum atomic E-state index is -0.721. The number of hydrogen-bond acceptors (Lipinski definition) is 4. The number of aliphatic hydroxyl groups is 1. The molecule has 20 heavy (non-hydrogen) atoms. The summed E-state index contributed by atoms with van der Waals surface area (Å²) in [6.07, 6.45) is -0.721. The first-order valence-corrected chi connectivity index (χ1v) is 6.73. The number of benzene rings is 1. The molecule has 3 rings (SSSR count). The van der Waals surface area contributed by atoms with Gasteiger partial charge in [-0.15, -0.1) is 0 Å². The van der Waals surface area contributed by atoms with E-state index >= 15 is 0 Å². The van der Waals surface area contributed by atoms with Gasteiger partial charge in [-0.25, -0.2) is 4.79 Å². The molecule has 2 amide bonds. The average Bonchev–Trinajstić information content (AvgIpc) is 2.78. The van der Waals surface area contributed by atoms with Crippen LogP contribution in [0, 0.1) is 0 Å². The van der Waals surface area contributed by atoms with Gasteiger partial charge in [-0.1, -0.05) is 6.07 Å². The number of likely N-dealkylation sites (N-methyl/N-ethyl adjacent to an activating group) is 1. The minimum Gasteiger partial charge on any atom is -0.486 e. The Morgan fingerprint density at radius 1 is 1.25 bits per heavy atom. The third kappa shape index (κ3) is 2.38. The van der Waals surface area contributed by atoms with Crippen LogP contribution in [-0.4, -0.2) is 60.8 Å². The second-order valence-electron chi connectivity index (χ2n) is 5.07. The second-order valence-corrected chi connectivity index (χ2v) is 5.07. The minimum absolute atomic E-state index is 0.0402. The van der Waals surface area contributed by atoms with Crippen molar-refractivity contribution < 1.29 is 19.4 Å². The third-order valence-corrected chi connectivity index (χ3v) is 3.65. The molecule has 2 aliphatic heterocycles. The molecule has 1 N–H and O–H groups in total. The molecule has 0 aromatic heterocycles. The fourth-order valence-electron chi connectivity index (χ4n) is 2.45. The highest BCUT2D eigenvalue weighted by Gasteiger charge is 2.27. The summed E-state index contributed by atoms with van der Waals surface area (Å²) >= 11 is 0. The van der Waals surface area contributed by atoms with E-state index in [0.29, 0.717) is 44.3 Å². The van der Waals surface area contributed by atoms with E-state index in [4.69, 9.17) is 9.47 Å². The van der Waals surface area contributed by atoms with Crippen LogP contribution >= 0.6 is 0 Å².